The molecule has 1 fully saturated rings. The zero-order chi connectivity index (χ0) is 21.3. The highest BCUT2D eigenvalue weighted by Crippen LogP contribution is 2.40. The summed E-state index contributed by atoms with van der Waals surface area (Å²) in [5.74, 6) is -0.504. The van der Waals surface area contributed by atoms with E-state index >= 15 is 0 Å². The minimum absolute atomic E-state index is 0.179. The Morgan fingerprint density at radius 1 is 0.933 bits per heavy atom. The molecule has 1 aromatic carbocycles. The average molecular weight is 415 g/mol. The molecule has 0 radical (unpaired) electrons. The van der Waals surface area contributed by atoms with Crippen molar-refractivity contribution in [1.82, 2.24) is 0 Å². The number of esters is 2. The fourth-order valence-electron chi connectivity index (χ4n) is 4.37. The van der Waals surface area contributed by atoms with Gasteiger partial charge in [0.25, 0.3) is 0 Å². The predicted octanol–water partition coefficient (Wildman–Crippen LogP) is 5.13. The Balaban J connectivity index is 1.62. The van der Waals surface area contributed by atoms with Gasteiger partial charge in [-0.3, -0.25) is 0 Å². The molecule has 3 atom stereocenters. The van der Waals surface area contributed by atoms with Gasteiger partial charge in [0.1, 0.15) is 6.61 Å². The Labute approximate surface area is 179 Å². The molecule has 0 aliphatic carbocycles. The zero-order valence-corrected chi connectivity index (χ0v) is 18.2. The van der Waals surface area contributed by atoms with Gasteiger partial charge >= 0.3 is 11.9 Å². The second-order valence-corrected chi connectivity index (χ2v) is 8.33. The van der Waals surface area contributed by atoms with E-state index in [9.17, 15) is 9.59 Å². The summed E-state index contributed by atoms with van der Waals surface area (Å²) in [6.07, 6.45) is 7.53. The van der Waals surface area contributed by atoms with Crippen molar-refractivity contribution in [3.63, 3.8) is 0 Å². The van der Waals surface area contributed by atoms with E-state index in [0.29, 0.717) is 23.7 Å². The van der Waals surface area contributed by atoms with Gasteiger partial charge in [-0.15, -0.1) is 0 Å². The number of carbonyl (C=O) groups is 2. The molecule has 5 nitrogen and oxygen atoms in total. The molecular weight excluding hydrogens is 380 g/mol. The Morgan fingerprint density at radius 2 is 1.60 bits per heavy atom. The summed E-state index contributed by atoms with van der Waals surface area (Å²) in [4.78, 5) is 25.7. The number of rotatable bonds is 12. The Kier molecular flexibility index (Phi) is 8.50. The van der Waals surface area contributed by atoms with Crippen LogP contribution in [0.25, 0.3) is 0 Å². The van der Waals surface area contributed by atoms with E-state index in [4.69, 9.17) is 14.2 Å². The lowest BCUT2D eigenvalue weighted by molar-refractivity contribution is -0.144. The first-order valence-corrected chi connectivity index (χ1v) is 11.4. The van der Waals surface area contributed by atoms with Crippen molar-refractivity contribution in [3.8, 4) is 0 Å². The second-order valence-electron chi connectivity index (χ2n) is 8.33. The van der Waals surface area contributed by atoms with Gasteiger partial charge in [-0.2, -0.15) is 0 Å². The highest BCUT2D eigenvalue weighted by Gasteiger charge is 2.47. The normalized spacial score (nSPS) is 21.0. The second kappa shape index (κ2) is 11.3. The van der Waals surface area contributed by atoms with Crippen LogP contribution in [-0.4, -0.2) is 30.8 Å². The first-order chi connectivity index (χ1) is 14.6. The third-order valence-electron chi connectivity index (χ3n) is 5.97. The van der Waals surface area contributed by atoms with Gasteiger partial charge < -0.3 is 14.2 Å². The minimum atomic E-state index is -0.467. The predicted molar refractivity (Wildman–Crippen MR) is 115 cm³/mol. The molecule has 2 aliphatic heterocycles. The van der Waals surface area contributed by atoms with Gasteiger partial charge in [-0.25, -0.2) is 9.59 Å². The van der Waals surface area contributed by atoms with Crippen molar-refractivity contribution in [3.05, 3.63) is 47.0 Å². The van der Waals surface area contributed by atoms with Crippen molar-refractivity contribution in [2.24, 2.45) is 5.92 Å². The lowest BCUT2D eigenvalue weighted by Gasteiger charge is -2.19. The molecule has 5 heteroatoms. The molecule has 2 bridgehead atoms. The largest absolute Gasteiger partial charge is 0.462 e. The third-order valence-corrected chi connectivity index (χ3v) is 5.97. The lowest BCUT2D eigenvalue weighted by Crippen LogP contribution is -2.25. The summed E-state index contributed by atoms with van der Waals surface area (Å²) in [6.45, 7) is 4.93. The van der Waals surface area contributed by atoms with Crippen LogP contribution in [0.3, 0.4) is 0 Å². The molecule has 1 aromatic rings. The van der Waals surface area contributed by atoms with E-state index in [2.05, 4.69) is 13.8 Å². The maximum atomic E-state index is 12.9. The van der Waals surface area contributed by atoms with Crippen LogP contribution in [0.2, 0.25) is 0 Å². The Hall–Kier alpha value is -2.14. The van der Waals surface area contributed by atoms with Gasteiger partial charge in [0.15, 0.2) is 0 Å². The van der Waals surface area contributed by atoms with E-state index in [1.54, 1.807) is 0 Å². The summed E-state index contributed by atoms with van der Waals surface area (Å²) < 4.78 is 17.0. The van der Waals surface area contributed by atoms with Crippen molar-refractivity contribution in [2.75, 3.05) is 6.61 Å². The van der Waals surface area contributed by atoms with E-state index in [1.165, 1.54) is 12.8 Å². The quantitative estimate of drug-likeness (QED) is 0.351. The number of benzene rings is 1. The summed E-state index contributed by atoms with van der Waals surface area (Å²) in [5, 5.41) is 0. The lowest BCUT2D eigenvalue weighted by atomic mass is 9.91. The topological polar surface area (TPSA) is 61.8 Å². The highest BCUT2D eigenvalue weighted by molar-refractivity contribution is 6.03. The van der Waals surface area contributed by atoms with Crippen LogP contribution in [0, 0.1) is 5.92 Å². The molecule has 0 N–H and O–H groups in total. The van der Waals surface area contributed by atoms with Crippen molar-refractivity contribution in [2.45, 2.75) is 84.0 Å². The maximum absolute atomic E-state index is 12.9. The van der Waals surface area contributed by atoms with Crippen LogP contribution < -0.4 is 0 Å². The third kappa shape index (κ3) is 5.72. The van der Waals surface area contributed by atoms with Crippen LogP contribution in [-0.2, 0) is 30.4 Å². The van der Waals surface area contributed by atoms with Gasteiger partial charge in [-0.1, -0.05) is 69.9 Å². The summed E-state index contributed by atoms with van der Waals surface area (Å²) in [5.41, 5.74) is 1.66. The van der Waals surface area contributed by atoms with Gasteiger partial charge in [-0.05, 0) is 37.2 Å². The number of unbranched alkanes of at least 4 members (excludes halogenated alkanes) is 2. The number of ether oxygens (including phenoxy) is 3. The van der Waals surface area contributed by atoms with Crippen molar-refractivity contribution in [1.29, 1.82) is 0 Å². The van der Waals surface area contributed by atoms with E-state index in [-0.39, 0.29) is 18.8 Å². The Morgan fingerprint density at radius 3 is 2.23 bits per heavy atom. The molecule has 0 spiro atoms. The van der Waals surface area contributed by atoms with Crippen LogP contribution in [0.1, 0.15) is 70.8 Å². The molecule has 0 aromatic heterocycles. The minimum Gasteiger partial charge on any atom is -0.462 e. The molecule has 30 heavy (non-hydrogen) atoms. The summed E-state index contributed by atoms with van der Waals surface area (Å²) in [7, 11) is 0. The average Bonchev–Trinajstić information content (AvgIpc) is 3.38. The van der Waals surface area contributed by atoms with Crippen LogP contribution in [0.5, 0.6) is 0 Å². The zero-order valence-electron chi connectivity index (χ0n) is 18.2. The molecular formula is C25H34O5. The number of carbonyl (C=O) groups excluding carboxylic acids is 2. The first-order valence-electron chi connectivity index (χ1n) is 11.4. The molecule has 2 aliphatic rings. The van der Waals surface area contributed by atoms with E-state index < -0.39 is 11.9 Å². The van der Waals surface area contributed by atoms with Crippen LogP contribution in [0.15, 0.2) is 41.5 Å². The Bertz CT molecular complexity index is 739. The molecule has 3 unspecified atom stereocenters. The molecule has 3 rings (SSSR count). The maximum Gasteiger partial charge on any atom is 0.337 e. The van der Waals surface area contributed by atoms with E-state index in [1.807, 2.05) is 30.3 Å². The van der Waals surface area contributed by atoms with Gasteiger partial charge in [0, 0.05) is 0 Å². The SMILES string of the molecule is CCCCCC(CCC)COC(=O)C1=C(C(=O)OCc2ccccc2)C2CCC1O2. The molecule has 164 valence electrons. The molecule has 0 saturated carbocycles. The fourth-order valence-corrected chi connectivity index (χ4v) is 4.37. The molecule has 2 heterocycles. The fraction of sp³-hybridized carbons (Fsp3) is 0.600. The van der Waals surface area contributed by atoms with Gasteiger partial charge in [0.05, 0.1) is 30.0 Å². The monoisotopic (exact) mass is 414 g/mol. The molecule has 1 saturated heterocycles. The van der Waals surface area contributed by atoms with Crippen molar-refractivity contribution >= 4 is 11.9 Å². The first kappa shape index (κ1) is 22.5. The van der Waals surface area contributed by atoms with Crippen molar-refractivity contribution < 1.29 is 23.8 Å². The number of hydrogen-bond acceptors (Lipinski definition) is 5. The standard InChI is InChI=1S/C25H34O5/c1-3-5-7-11-18(10-4-2)16-28-24(26)22-20-14-15-21(30-20)23(22)25(27)29-17-19-12-8-6-9-13-19/h6,8-9,12-13,18,20-21H,3-5,7,10-11,14-17H2,1-2H3. The number of fused-ring (bicyclic) bond motifs is 2. The smallest absolute Gasteiger partial charge is 0.337 e. The van der Waals surface area contributed by atoms with E-state index in [0.717, 1.165) is 44.1 Å². The highest BCUT2D eigenvalue weighted by atomic mass is 16.6. The molecule has 0 amide bonds. The summed E-state index contributed by atoms with van der Waals surface area (Å²) >= 11 is 0. The van der Waals surface area contributed by atoms with Gasteiger partial charge in [0.2, 0.25) is 0 Å². The number of hydrogen-bond donors (Lipinski definition) is 0. The van der Waals surface area contributed by atoms with Crippen LogP contribution in [0.4, 0.5) is 0 Å². The summed E-state index contributed by atoms with van der Waals surface area (Å²) in [6, 6.07) is 9.53. The van der Waals surface area contributed by atoms with Crippen LogP contribution >= 0.6 is 0 Å².